The molecule has 0 unspecified atom stereocenters. The number of carbonyl (C=O) groups excluding carboxylic acids is 1. The van der Waals surface area contributed by atoms with Gasteiger partial charge in [0.05, 0.1) is 12.1 Å². The molecule has 0 bridgehead atoms. The zero-order valence-electron chi connectivity index (χ0n) is 22.3. The number of hydrogen-bond donors (Lipinski definition) is 0. The maximum absolute atomic E-state index is 12.2. The molecule has 8 heteroatoms. The number of benzene rings is 2. The summed E-state index contributed by atoms with van der Waals surface area (Å²) in [4.78, 5) is 23.5. The van der Waals surface area contributed by atoms with Gasteiger partial charge in [-0.1, -0.05) is 6.07 Å². The largest absolute Gasteiger partial charge is 0.494 e. The second-order valence-electron chi connectivity index (χ2n) is 9.54. The van der Waals surface area contributed by atoms with Crippen molar-refractivity contribution in [2.45, 2.75) is 26.7 Å². The first-order valence-electron chi connectivity index (χ1n) is 13.6. The Balaban J connectivity index is 1.05. The Kier molecular flexibility index (Phi) is 8.61. The molecule has 4 aromatic rings. The van der Waals surface area contributed by atoms with E-state index in [0.29, 0.717) is 25.6 Å². The fourth-order valence-electron chi connectivity index (χ4n) is 4.95. The highest BCUT2D eigenvalue weighted by molar-refractivity contribution is 7.17. The molecule has 0 atom stereocenters. The van der Waals surface area contributed by atoms with Crippen molar-refractivity contribution in [3.63, 3.8) is 0 Å². The molecular weight excluding hydrogens is 496 g/mol. The first-order chi connectivity index (χ1) is 18.6. The van der Waals surface area contributed by atoms with E-state index in [1.165, 1.54) is 15.8 Å². The number of hydrogen-bond acceptors (Lipinski definition) is 7. The third kappa shape index (κ3) is 6.19. The number of piperazine rings is 1. The first-order valence-corrected chi connectivity index (χ1v) is 14.5. The fraction of sp³-hybridized carbons (Fsp3) is 0.400. The number of carbonyl (C=O) groups is 1. The smallest absolute Gasteiger partial charge is 0.416 e. The number of fused-ring (bicyclic) bond motifs is 2. The van der Waals surface area contributed by atoms with Gasteiger partial charge in [0.15, 0.2) is 0 Å². The Labute approximate surface area is 228 Å². The molecule has 38 heavy (non-hydrogen) atoms. The average molecular weight is 533 g/mol. The minimum atomic E-state index is -0.379. The zero-order chi connectivity index (χ0) is 26.3. The van der Waals surface area contributed by atoms with Gasteiger partial charge in [0, 0.05) is 72.6 Å². The number of rotatable bonds is 10. The van der Waals surface area contributed by atoms with Crippen LogP contribution in [0.2, 0.25) is 0 Å². The number of nitrogens with zero attached hydrogens (tertiary/aromatic N) is 4. The van der Waals surface area contributed by atoms with Crippen molar-refractivity contribution in [3.05, 3.63) is 60.0 Å². The summed E-state index contributed by atoms with van der Waals surface area (Å²) < 4.78 is 12.8. The highest BCUT2D eigenvalue weighted by Crippen LogP contribution is 2.31. The van der Waals surface area contributed by atoms with Gasteiger partial charge in [0.25, 0.3) is 0 Å². The summed E-state index contributed by atoms with van der Waals surface area (Å²) in [6.07, 6.45) is 1.73. The van der Waals surface area contributed by atoms with Crippen LogP contribution >= 0.6 is 11.3 Å². The van der Waals surface area contributed by atoms with E-state index in [2.05, 4.69) is 44.4 Å². The molecule has 7 nitrogen and oxygen atoms in total. The molecule has 0 spiro atoms. The predicted molar refractivity (Wildman–Crippen MR) is 156 cm³/mol. The number of thiophene rings is 1. The van der Waals surface area contributed by atoms with Crippen LogP contribution in [0.1, 0.15) is 26.7 Å². The maximum atomic E-state index is 12.2. The molecular formula is C30H36N4O3S. The monoisotopic (exact) mass is 532 g/mol. The van der Waals surface area contributed by atoms with E-state index < -0.39 is 0 Å². The van der Waals surface area contributed by atoms with Crippen LogP contribution in [0.3, 0.4) is 0 Å². The molecule has 0 saturated carbocycles. The second-order valence-corrected chi connectivity index (χ2v) is 10.5. The summed E-state index contributed by atoms with van der Waals surface area (Å²) in [5.41, 5.74) is 2.12. The molecule has 1 aliphatic heterocycles. The number of unbranched alkanes of at least 4 members (excludes halogenated alkanes) is 1. The first kappa shape index (κ1) is 26.3. The molecule has 2 aromatic heterocycles. The molecule has 0 aliphatic carbocycles. The van der Waals surface area contributed by atoms with E-state index in [0.717, 1.165) is 62.2 Å². The van der Waals surface area contributed by atoms with Gasteiger partial charge in [-0.25, -0.2) is 9.78 Å². The molecule has 0 N–H and O–H groups in total. The maximum Gasteiger partial charge on any atom is 0.416 e. The summed E-state index contributed by atoms with van der Waals surface area (Å²) in [6.45, 7) is 11.2. The molecule has 1 saturated heterocycles. The number of aromatic nitrogens is 1. The van der Waals surface area contributed by atoms with Gasteiger partial charge < -0.3 is 19.3 Å². The third-order valence-electron chi connectivity index (χ3n) is 7.17. The minimum absolute atomic E-state index is 0.304. The van der Waals surface area contributed by atoms with Crippen molar-refractivity contribution in [3.8, 4) is 11.6 Å². The van der Waals surface area contributed by atoms with Gasteiger partial charge in [0.1, 0.15) is 5.75 Å². The molecule has 0 radical (unpaired) electrons. The topological polar surface area (TPSA) is 58.1 Å². The van der Waals surface area contributed by atoms with Crippen LogP contribution in [0.5, 0.6) is 11.6 Å². The van der Waals surface area contributed by atoms with Crippen molar-refractivity contribution < 1.29 is 14.3 Å². The average Bonchev–Trinajstić information content (AvgIpc) is 3.43. The molecule has 200 valence electrons. The van der Waals surface area contributed by atoms with Gasteiger partial charge in [-0.3, -0.25) is 4.90 Å². The normalized spacial score (nSPS) is 14.2. The van der Waals surface area contributed by atoms with E-state index in [4.69, 9.17) is 9.47 Å². The fourth-order valence-corrected chi connectivity index (χ4v) is 5.76. The predicted octanol–water partition coefficient (Wildman–Crippen LogP) is 6.27. The van der Waals surface area contributed by atoms with E-state index in [9.17, 15) is 4.79 Å². The molecule has 2 aromatic carbocycles. The third-order valence-corrected chi connectivity index (χ3v) is 8.06. The van der Waals surface area contributed by atoms with Gasteiger partial charge in [-0.15, -0.1) is 11.3 Å². The molecule has 1 fully saturated rings. The standard InChI is InChI=1S/C30H36N4O3S/c1-3-33(4-2)30(35)37-29-13-11-23-10-12-24(22-26(23)31-29)36-20-6-5-15-32-16-18-34(19-17-32)27-8-7-9-28-25(27)14-21-38-28/h7-14,21-22H,3-6,15-20H2,1-2H3. The Bertz CT molecular complexity index is 1360. The van der Waals surface area contributed by atoms with Crippen LogP contribution in [-0.4, -0.2) is 73.3 Å². The van der Waals surface area contributed by atoms with Gasteiger partial charge >= 0.3 is 6.09 Å². The number of ether oxygens (including phenoxy) is 2. The Morgan fingerprint density at radius 3 is 2.63 bits per heavy atom. The van der Waals surface area contributed by atoms with Crippen molar-refractivity contribution in [1.82, 2.24) is 14.8 Å². The molecule has 5 rings (SSSR count). The SMILES string of the molecule is CCN(CC)C(=O)Oc1ccc2ccc(OCCCCN3CCN(c4cccc5sccc45)CC3)cc2n1. The van der Waals surface area contributed by atoms with E-state index >= 15 is 0 Å². The van der Waals surface area contributed by atoms with Crippen molar-refractivity contribution in [1.29, 1.82) is 0 Å². The lowest BCUT2D eigenvalue weighted by atomic mass is 10.2. The Morgan fingerprint density at radius 1 is 1.00 bits per heavy atom. The minimum Gasteiger partial charge on any atom is -0.494 e. The molecule has 3 heterocycles. The lowest BCUT2D eigenvalue weighted by Crippen LogP contribution is -2.46. The van der Waals surface area contributed by atoms with Gasteiger partial charge in [-0.05, 0) is 75.0 Å². The van der Waals surface area contributed by atoms with Crippen LogP contribution in [0.4, 0.5) is 10.5 Å². The summed E-state index contributed by atoms with van der Waals surface area (Å²) in [5, 5.41) is 4.54. The van der Waals surface area contributed by atoms with E-state index in [-0.39, 0.29) is 6.09 Å². The highest BCUT2D eigenvalue weighted by atomic mass is 32.1. The van der Waals surface area contributed by atoms with Crippen LogP contribution in [-0.2, 0) is 0 Å². The lowest BCUT2D eigenvalue weighted by molar-refractivity contribution is 0.155. The van der Waals surface area contributed by atoms with Crippen LogP contribution in [0.25, 0.3) is 21.0 Å². The number of pyridine rings is 1. The summed E-state index contributed by atoms with van der Waals surface area (Å²) in [5.74, 6) is 1.09. The number of amides is 1. The lowest BCUT2D eigenvalue weighted by Gasteiger charge is -2.36. The zero-order valence-corrected chi connectivity index (χ0v) is 23.1. The van der Waals surface area contributed by atoms with Crippen molar-refractivity contribution >= 4 is 44.1 Å². The summed E-state index contributed by atoms with van der Waals surface area (Å²) in [7, 11) is 0. The van der Waals surface area contributed by atoms with Crippen LogP contribution in [0, 0.1) is 0 Å². The highest BCUT2D eigenvalue weighted by Gasteiger charge is 2.18. The van der Waals surface area contributed by atoms with E-state index in [1.54, 1.807) is 11.0 Å². The Hall–Kier alpha value is -3.36. The van der Waals surface area contributed by atoms with Crippen molar-refractivity contribution in [2.24, 2.45) is 0 Å². The van der Waals surface area contributed by atoms with Crippen LogP contribution < -0.4 is 14.4 Å². The number of anilines is 1. The van der Waals surface area contributed by atoms with E-state index in [1.807, 2.05) is 49.4 Å². The van der Waals surface area contributed by atoms with Crippen molar-refractivity contribution in [2.75, 3.05) is 57.3 Å². The van der Waals surface area contributed by atoms with Crippen LogP contribution in [0.15, 0.2) is 60.0 Å². The quantitative estimate of drug-likeness (QED) is 0.224. The summed E-state index contributed by atoms with van der Waals surface area (Å²) >= 11 is 1.81. The molecule has 1 amide bonds. The molecule has 1 aliphatic rings. The van der Waals surface area contributed by atoms with Gasteiger partial charge in [-0.2, -0.15) is 0 Å². The summed E-state index contributed by atoms with van der Waals surface area (Å²) in [6, 6.07) is 18.4. The van der Waals surface area contributed by atoms with Gasteiger partial charge in [0.2, 0.25) is 5.88 Å². The second kappa shape index (κ2) is 12.5. The Morgan fingerprint density at radius 2 is 1.82 bits per heavy atom.